The lowest BCUT2D eigenvalue weighted by Gasteiger charge is -2.14. The molecule has 0 radical (unpaired) electrons. The van der Waals surface area contributed by atoms with Crippen LogP contribution < -0.4 is 0 Å². The summed E-state index contributed by atoms with van der Waals surface area (Å²) in [4.78, 5) is 0. The van der Waals surface area contributed by atoms with Gasteiger partial charge in [0, 0.05) is 19.7 Å². The molecule has 0 unspecified atom stereocenters. The molecule has 4 aromatic rings. The number of aryl methyl sites for hydroxylation is 2. The van der Waals surface area contributed by atoms with E-state index in [2.05, 4.69) is 105 Å². The first-order valence-corrected chi connectivity index (χ1v) is 9.10. The van der Waals surface area contributed by atoms with Crippen LogP contribution in [0.25, 0.3) is 27.5 Å². The number of fused-ring (bicyclic) bond motifs is 3. The largest absolute Gasteiger partial charge is 0.309 e. The Balaban J connectivity index is 2.27. The topological polar surface area (TPSA) is 4.93 Å². The summed E-state index contributed by atoms with van der Waals surface area (Å²) in [7, 11) is 0. The van der Waals surface area contributed by atoms with E-state index in [0.717, 1.165) is 8.95 Å². The lowest BCUT2D eigenvalue weighted by Crippen LogP contribution is -1.99. The highest BCUT2D eigenvalue weighted by Crippen LogP contribution is 2.36. The molecule has 0 aliphatic heterocycles. The zero-order valence-electron chi connectivity index (χ0n) is 12.9. The standard InChI is InChI=1S/C20H15Br2N/c1-12-4-3-5-13(2)20(12)23-18-10-14(21)6-8-16(18)17-9-7-15(22)11-19(17)23/h3-11H,1-2H3. The molecule has 0 spiro atoms. The highest BCUT2D eigenvalue weighted by Gasteiger charge is 2.15. The number of aromatic nitrogens is 1. The fourth-order valence-corrected chi connectivity index (χ4v) is 4.06. The number of benzene rings is 3. The zero-order chi connectivity index (χ0) is 16.1. The van der Waals surface area contributed by atoms with Gasteiger partial charge in [-0.25, -0.2) is 0 Å². The van der Waals surface area contributed by atoms with Crippen LogP contribution in [0.1, 0.15) is 11.1 Å². The Morgan fingerprint density at radius 2 is 1.17 bits per heavy atom. The Morgan fingerprint density at radius 3 is 1.65 bits per heavy atom. The third-order valence-electron chi connectivity index (χ3n) is 4.35. The van der Waals surface area contributed by atoms with E-state index in [9.17, 15) is 0 Å². The van der Waals surface area contributed by atoms with Crippen LogP contribution in [-0.4, -0.2) is 4.57 Å². The molecule has 0 N–H and O–H groups in total. The van der Waals surface area contributed by atoms with Crippen molar-refractivity contribution in [1.29, 1.82) is 0 Å². The van der Waals surface area contributed by atoms with E-state index in [1.807, 2.05) is 0 Å². The molecule has 0 amide bonds. The van der Waals surface area contributed by atoms with Crippen LogP contribution in [0, 0.1) is 13.8 Å². The van der Waals surface area contributed by atoms with Crippen molar-refractivity contribution in [1.82, 2.24) is 4.57 Å². The van der Waals surface area contributed by atoms with Gasteiger partial charge in [0.2, 0.25) is 0 Å². The maximum Gasteiger partial charge on any atom is 0.0552 e. The zero-order valence-corrected chi connectivity index (χ0v) is 16.1. The first-order chi connectivity index (χ1) is 11.1. The number of nitrogens with zero attached hydrogens (tertiary/aromatic N) is 1. The molecule has 4 rings (SSSR count). The Bertz CT molecular complexity index is 981. The van der Waals surface area contributed by atoms with Crippen LogP contribution in [0.5, 0.6) is 0 Å². The van der Waals surface area contributed by atoms with Crippen LogP contribution in [-0.2, 0) is 0 Å². The molecular formula is C20H15Br2N. The first kappa shape index (κ1) is 15.0. The van der Waals surface area contributed by atoms with Crippen molar-refractivity contribution in [3.05, 3.63) is 74.7 Å². The van der Waals surface area contributed by atoms with E-state index in [0.29, 0.717) is 0 Å². The van der Waals surface area contributed by atoms with Crippen molar-refractivity contribution in [2.24, 2.45) is 0 Å². The van der Waals surface area contributed by atoms with Gasteiger partial charge in [-0.1, -0.05) is 62.2 Å². The summed E-state index contributed by atoms with van der Waals surface area (Å²) in [5, 5.41) is 2.55. The highest BCUT2D eigenvalue weighted by atomic mass is 79.9. The van der Waals surface area contributed by atoms with Gasteiger partial charge in [0.05, 0.1) is 16.7 Å². The van der Waals surface area contributed by atoms with Gasteiger partial charge >= 0.3 is 0 Å². The van der Waals surface area contributed by atoms with Gasteiger partial charge < -0.3 is 4.57 Å². The monoisotopic (exact) mass is 427 g/mol. The van der Waals surface area contributed by atoms with Crippen LogP contribution in [0.3, 0.4) is 0 Å². The molecule has 0 aliphatic rings. The maximum absolute atomic E-state index is 3.63. The molecule has 1 nitrogen and oxygen atoms in total. The Hall–Kier alpha value is -1.58. The molecule has 3 aromatic carbocycles. The van der Waals surface area contributed by atoms with Crippen molar-refractivity contribution < 1.29 is 0 Å². The summed E-state index contributed by atoms with van der Waals surface area (Å²) < 4.78 is 4.57. The van der Waals surface area contributed by atoms with Crippen molar-refractivity contribution >= 4 is 53.7 Å². The fraction of sp³-hybridized carbons (Fsp3) is 0.100. The fourth-order valence-electron chi connectivity index (χ4n) is 3.36. The molecule has 0 bridgehead atoms. The average molecular weight is 429 g/mol. The van der Waals surface area contributed by atoms with Gasteiger partial charge in [-0.3, -0.25) is 0 Å². The lowest BCUT2D eigenvalue weighted by molar-refractivity contribution is 1.12. The van der Waals surface area contributed by atoms with Crippen molar-refractivity contribution in [3.8, 4) is 5.69 Å². The SMILES string of the molecule is Cc1cccc(C)c1-n1c2cc(Br)ccc2c2ccc(Br)cc21. The second kappa shape index (κ2) is 5.50. The molecule has 114 valence electrons. The number of rotatable bonds is 1. The highest BCUT2D eigenvalue weighted by molar-refractivity contribution is 9.10. The van der Waals surface area contributed by atoms with E-state index >= 15 is 0 Å². The first-order valence-electron chi connectivity index (χ1n) is 7.52. The molecule has 0 saturated carbocycles. The Kier molecular flexibility index (Phi) is 3.58. The second-order valence-electron chi connectivity index (χ2n) is 5.90. The molecular weight excluding hydrogens is 414 g/mol. The summed E-state index contributed by atoms with van der Waals surface area (Å²) in [6, 6.07) is 19.5. The van der Waals surface area contributed by atoms with Crippen LogP contribution in [0.4, 0.5) is 0 Å². The number of halogens is 2. The van der Waals surface area contributed by atoms with E-state index in [1.165, 1.54) is 38.6 Å². The molecule has 1 heterocycles. The van der Waals surface area contributed by atoms with Gasteiger partial charge in [0.1, 0.15) is 0 Å². The number of para-hydroxylation sites is 1. The van der Waals surface area contributed by atoms with E-state index in [1.54, 1.807) is 0 Å². The molecule has 1 aromatic heterocycles. The minimum Gasteiger partial charge on any atom is -0.309 e. The summed E-state index contributed by atoms with van der Waals surface area (Å²) in [5.41, 5.74) is 6.28. The third kappa shape index (κ3) is 2.34. The third-order valence-corrected chi connectivity index (χ3v) is 5.34. The van der Waals surface area contributed by atoms with E-state index in [-0.39, 0.29) is 0 Å². The van der Waals surface area contributed by atoms with E-state index in [4.69, 9.17) is 0 Å². The Morgan fingerprint density at radius 1 is 0.696 bits per heavy atom. The van der Waals surface area contributed by atoms with Crippen molar-refractivity contribution in [3.63, 3.8) is 0 Å². The summed E-state index contributed by atoms with van der Waals surface area (Å²) in [6.45, 7) is 4.35. The van der Waals surface area contributed by atoms with Gasteiger partial charge in [-0.15, -0.1) is 0 Å². The van der Waals surface area contributed by atoms with Crippen molar-refractivity contribution in [2.75, 3.05) is 0 Å². The number of hydrogen-bond acceptors (Lipinski definition) is 0. The molecule has 0 aliphatic carbocycles. The van der Waals surface area contributed by atoms with Crippen LogP contribution in [0.2, 0.25) is 0 Å². The summed E-state index contributed by atoms with van der Waals surface area (Å²) in [6.07, 6.45) is 0. The smallest absolute Gasteiger partial charge is 0.0552 e. The maximum atomic E-state index is 3.63. The van der Waals surface area contributed by atoms with E-state index < -0.39 is 0 Å². The quantitative estimate of drug-likeness (QED) is 0.310. The van der Waals surface area contributed by atoms with Crippen LogP contribution >= 0.6 is 31.9 Å². The predicted molar refractivity (Wildman–Crippen MR) is 106 cm³/mol. The minimum absolute atomic E-state index is 1.10. The van der Waals surface area contributed by atoms with Crippen LogP contribution in [0.15, 0.2) is 63.5 Å². The molecule has 0 atom stereocenters. The Labute approximate surface area is 152 Å². The normalized spacial score (nSPS) is 11.5. The molecule has 23 heavy (non-hydrogen) atoms. The summed E-state index contributed by atoms with van der Waals surface area (Å²) >= 11 is 7.25. The summed E-state index contributed by atoms with van der Waals surface area (Å²) in [5.74, 6) is 0. The van der Waals surface area contributed by atoms with Gasteiger partial charge in [-0.05, 0) is 49.2 Å². The molecule has 0 fully saturated rings. The molecule has 3 heteroatoms. The average Bonchev–Trinajstić information content (AvgIpc) is 2.80. The van der Waals surface area contributed by atoms with Gasteiger partial charge in [-0.2, -0.15) is 0 Å². The van der Waals surface area contributed by atoms with Gasteiger partial charge in [0.15, 0.2) is 0 Å². The van der Waals surface area contributed by atoms with Crippen molar-refractivity contribution in [2.45, 2.75) is 13.8 Å². The lowest BCUT2D eigenvalue weighted by atomic mass is 10.1. The predicted octanol–water partition coefficient (Wildman–Crippen LogP) is 6.93. The van der Waals surface area contributed by atoms with Gasteiger partial charge in [0.25, 0.3) is 0 Å². The molecule has 0 saturated heterocycles. The second-order valence-corrected chi connectivity index (χ2v) is 7.73. The minimum atomic E-state index is 1.10. The number of hydrogen-bond donors (Lipinski definition) is 0.